The van der Waals surface area contributed by atoms with Gasteiger partial charge in [-0.15, -0.1) is 11.3 Å². The lowest BCUT2D eigenvalue weighted by Gasteiger charge is -2.31. The number of nitrogens with zero attached hydrogens (tertiary/aromatic N) is 3. The van der Waals surface area contributed by atoms with Crippen molar-refractivity contribution in [2.45, 2.75) is 25.8 Å². The van der Waals surface area contributed by atoms with Gasteiger partial charge in [-0.3, -0.25) is 5.10 Å². The van der Waals surface area contributed by atoms with Crippen LogP contribution in [0.15, 0.2) is 17.5 Å². The highest BCUT2D eigenvalue weighted by Gasteiger charge is 2.29. The summed E-state index contributed by atoms with van der Waals surface area (Å²) in [4.78, 5) is 17.7. The van der Waals surface area contributed by atoms with Crippen LogP contribution in [0.4, 0.5) is 4.79 Å². The van der Waals surface area contributed by atoms with Crippen LogP contribution in [0.25, 0.3) is 10.6 Å². The number of hydrogen-bond donors (Lipinski definition) is 1. The summed E-state index contributed by atoms with van der Waals surface area (Å²) >= 11 is 1.69. The van der Waals surface area contributed by atoms with Crippen LogP contribution in [-0.2, 0) is 13.0 Å². The molecule has 0 atom stereocenters. The third-order valence-corrected chi connectivity index (χ3v) is 5.21. The molecular weight excluding hydrogens is 284 g/mol. The van der Waals surface area contributed by atoms with E-state index < -0.39 is 0 Å². The predicted molar refractivity (Wildman–Crippen MR) is 82.2 cm³/mol. The average Bonchev–Trinajstić information content (AvgIpc) is 3.25. The van der Waals surface area contributed by atoms with Crippen LogP contribution < -0.4 is 0 Å². The van der Waals surface area contributed by atoms with Crippen molar-refractivity contribution in [1.82, 2.24) is 20.0 Å². The second kappa shape index (κ2) is 5.18. The minimum absolute atomic E-state index is 0.191. The molecule has 2 aromatic rings. The SMILES string of the molecule is O=C(N1CCCC1)N1CCc2[nH]nc(-c3cccs3)c2C1. The minimum Gasteiger partial charge on any atom is -0.325 e. The van der Waals surface area contributed by atoms with E-state index in [9.17, 15) is 4.79 Å². The molecule has 2 aromatic heterocycles. The maximum atomic E-state index is 12.6. The van der Waals surface area contributed by atoms with Gasteiger partial charge in [0, 0.05) is 37.3 Å². The Hall–Kier alpha value is -1.82. The maximum absolute atomic E-state index is 12.6. The van der Waals surface area contributed by atoms with Gasteiger partial charge in [0.15, 0.2) is 0 Å². The largest absolute Gasteiger partial charge is 0.325 e. The van der Waals surface area contributed by atoms with Crippen LogP contribution in [0.1, 0.15) is 24.1 Å². The van der Waals surface area contributed by atoms with Crippen LogP contribution in [0.5, 0.6) is 0 Å². The van der Waals surface area contributed by atoms with Crippen molar-refractivity contribution in [2.75, 3.05) is 19.6 Å². The number of carbonyl (C=O) groups is 1. The van der Waals surface area contributed by atoms with Gasteiger partial charge in [0.05, 0.1) is 11.4 Å². The highest BCUT2D eigenvalue weighted by Crippen LogP contribution is 2.31. The van der Waals surface area contributed by atoms with E-state index >= 15 is 0 Å². The summed E-state index contributed by atoms with van der Waals surface area (Å²) in [6, 6.07) is 4.32. The van der Waals surface area contributed by atoms with Crippen LogP contribution in [0, 0.1) is 0 Å². The van der Waals surface area contributed by atoms with Crippen LogP contribution in [-0.4, -0.2) is 45.7 Å². The predicted octanol–water partition coefficient (Wildman–Crippen LogP) is 2.71. The van der Waals surface area contributed by atoms with Crippen molar-refractivity contribution in [3.05, 3.63) is 28.8 Å². The standard InChI is InChI=1S/C15H18N4OS/c20-15(18-6-1-2-7-18)19-8-5-12-11(10-19)14(17-16-12)13-4-3-9-21-13/h3-4,9H,1-2,5-8,10H2,(H,16,17). The Morgan fingerprint density at radius 3 is 2.86 bits per heavy atom. The Balaban J connectivity index is 1.59. The molecule has 2 aliphatic heterocycles. The quantitative estimate of drug-likeness (QED) is 0.880. The molecule has 5 nitrogen and oxygen atoms in total. The molecule has 21 heavy (non-hydrogen) atoms. The smallest absolute Gasteiger partial charge is 0.320 e. The number of H-pyrrole nitrogens is 1. The molecule has 0 spiro atoms. The highest BCUT2D eigenvalue weighted by molar-refractivity contribution is 7.13. The van der Waals surface area contributed by atoms with Gasteiger partial charge >= 0.3 is 6.03 Å². The Labute approximate surface area is 127 Å². The zero-order chi connectivity index (χ0) is 14.2. The molecule has 110 valence electrons. The molecule has 1 N–H and O–H groups in total. The van der Waals surface area contributed by atoms with Gasteiger partial charge in [-0.05, 0) is 24.3 Å². The Morgan fingerprint density at radius 2 is 2.10 bits per heavy atom. The molecular formula is C15H18N4OS. The van der Waals surface area contributed by atoms with Crippen molar-refractivity contribution in [3.63, 3.8) is 0 Å². The van der Waals surface area contributed by atoms with E-state index in [1.807, 2.05) is 15.9 Å². The van der Waals surface area contributed by atoms with Crippen molar-refractivity contribution >= 4 is 17.4 Å². The third kappa shape index (κ3) is 2.23. The van der Waals surface area contributed by atoms with E-state index in [-0.39, 0.29) is 6.03 Å². The number of amides is 2. The van der Waals surface area contributed by atoms with E-state index in [0.717, 1.165) is 44.6 Å². The first-order valence-corrected chi connectivity index (χ1v) is 8.35. The second-order valence-electron chi connectivity index (χ2n) is 5.65. The third-order valence-electron chi connectivity index (χ3n) is 4.34. The molecule has 0 aliphatic carbocycles. The number of nitrogens with one attached hydrogen (secondary N) is 1. The summed E-state index contributed by atoms with van der Waals surface area (Å²) in [5.41, 5.74) is 3.39. The van der Waals surface area contributed by atoms with Crippen molar-refractivity contribution in [1.29, 1.82) is 0 Å². The zero-order valence-corrected chi connectivity index (χ0v) is 12.7. The van der Waals surface area contributed by atoms with Crippen molar-refractivity contribution in [2.24, 2.45) is 0 Å². The van der Waals surface area contributed by atoms with Crippen molar-refractivity contribution in [3.8, 4) is 10.6 Å². The lowest BCUT2D eigenvalue weighted by atomic mass is 10.0. The lowest BCUT2D eigenvalue weighted by molar-refractivity contribution is 0.157. The Kier molecular flexibility index (Phi) is 3.18. The van der Waals surface area contributed by atoms with Gasteiger partial charge in [-0.1, -0.05) is 6.07 Å². The molecule has 1 saturated heterocycles. The average molecular weight is 302 g/mol. The van der Waals surface area contributed by atoms with Gasteiger partial charge in [-0.2, -0.15) is 5.10 Å². The number of rotatable bonds is 1. The fourth-order valence-electron chi connectivity index (χ4n) is 3.18. The number of aromatic nitrogens is 2. The van der Waals surface area contributed by atoms with E-state index in [4.69, 9.17) is 0 Å². The highest BCUT2D eigenvalue weighted by atomic mass is 32.1. The van der Waals surface area contributed by atoms with Crippen molar-refractivity contribution < 1.29 is 4.79 Å². The lowest BCUT2D eigenvalue weighted by Crippen LogP contribution is -2.44. The maximum Gasteiger partial charge on any atom is 0.320 e. The summed E-state index contributed by atoms with van der Waals surface area (Å²) in [6.07, 6.45) is 3.14. The van der Waals surface area contributed by atoms with E-state index in [1.165, 1.54) is 16.1 Å². The van der Waals surface area contributed by atoms with Gasteiger partial charge in [0.1, 0.15) is 5.69 Å². The summed E-state index contributed by atoms with van der Waals surface area (Å²) in [6.45, 7) is 3.28. The molecule has 6 heteroatoms. The van der Waals surface area contributed by atoms with Gasteiger partial charge < -0.3 is 9.80 Å². The number of thiophene rings is 1. The van der Waals surface area contributed by atoms with Gasteiger partial charge in [0.25, 0.3) is 0 Å². The van der Waals surface area contributed by atoms with E-state index in [2.05, 4.69) is 21.6 Å². The number of fused-ring (bicyclic) bond motifs is 1. The number of likely N-dealkylation sites (tertiary alicyclic amines) is 1. The van der Waals surface area contributed by atoms with Crippen LogP contribution >= 0.6 is 11.3 Å². The molecule has 0 radical (unpaired) electrons. The number of aromatic amines is 1. The Bertz CT molecular complexity index is 643. The fraction of sp³-hybridized carbons (Fsp3) is 0.467. The van der Waals surface area contributed by atoms with Crippen LogP contribution in [0.2, 0.25) is 0 Å². The molecule has 1 fully saturated rings. The molecule has 2 amide bonds. The fourth-order valence-corrected chi connectivity index (χ4v) is 3.93. The van der Waals surface area contributed by atoms with E-state index in [1.54, 1.807) is 11.3 Å². The summed E-state index contributed by atoms with van der Waals surface area (Å²) in [7, 11) is 0. The minimum atomic E-state index is 0.191. The summed E-state index contributed by atoms with van der Waals surface area (Å²) in [5, 5.41) is 9.68. The molecule has 4 rings (SSSR count). The van der Waals surface area contributed by atoms with E-state index in [0.29, 0.717) is 6.54 Å². The first-order valence-electron chi connectivity index (χ1n) is 7.47. The molecule has 4 heterocycles. The number of hydrogen-bond acceptors (Lipinski definition) is 3. The molecule has 0 saturated carbocycles. The zero-order valence-electron chi connectivity index (χ0n) is 11.8. The topological polar surface area (TPSA) is 52.2 Å². The second-order valence-corrected chi connectivity index (χ2v) is 6.60. The molecule has 0 bridgehead atoms. The summed E-state index contributed by atoms with van der Waals surface area (Å²) in [5.74, 6) is 0. The normalized spacial score (nSPS) is 18.1. The number of carbonyl (C=O) groups excluding carboxylic acids is 1. The van der Waals surface area contributed by atoms with Crippen LogP contribution in [0.3, 0.4) is 0 Å². The molecule has 0 unspecified atom stereocenters. The van der Waals surface area contributed by atoms with Gasteiger partial charge in [0.2, 0.25) is 0 Å². The van der Waals surface area contributed by atoms with Gasteiger partial charge in [-0.25, -0.2) is 4.79 Å². The summed E-state index contributed by atoms with van der Waals surface area (Å²) < 4.78 is 0. The first kappa shape index (κ1) is 12.9. The first-order chi connectivity index (χ1) is 10.3. The molecule has 2 aliphatic rings. The Morgan fingerprint density at radius 1 is 1.24 bits per heavy atom. The monoisotopic (exact) mass is 302 g/mol. The molecule has 0 aromatic carbocycles. The number of urea groups is 1.